The van der Waals surface area contributed by atoms with E-state index in [2.05, 4.69) is 71.3 Å². The van der Waals surface area contributed by atoms with Crippen molar-refractivity contribution >= 4 is 42.0 Å². The lowest BCUT2D eigenvalue weighted by molar-refractivity contribution is -0.110. The molecule has 0 spiro atoms. The number of hydrogen-bond donors (Lipinski definition) is 3. The first-order valence-corrected chi connectivity index (χ1v) is 16.0. The average molecular weight is 584 g/mol. The van der Waals surface area contributed by atoms with Gasteiger partial charge in [0, 0.05) is 11.3 Å². The molecule has 0 heterocycles. The maximum Gasteiger partial charge on any atom is 0.207 e. The van der Waals surface area contributed by atoms with Gasteiger partial charge in [0.25, 0.3) is 0 Å². The third-order valence-corrected chi connectivity index (χ3v) is 6.38. The number of carbonyl (C=O) groups excluding carboxylic acids is 2. The molecule has 2 N–H and O–H groups in total. The highest BCUT2D eigenvalue weighted by atomic mass is 32.2. The van der Waals surface area contributed by atoms with E-state index in [9.17, 15) is 14.7 Å². The third kappa shape index (κ3) is 27.8. The zero-order chi connectivity index (χ0) is 31.4. The Hall–Kier alpha value is -1.50. The molecule has 4 nitrogen and oxygen atoms in total. The summed E-state index contributed by atoms with van der Waals surface area (Å²) in [5, 5.41) is 13.9. The van der Waals surface area contributed by atoms with Crippen molar-refractivity contribution in [1.29, 1.82) is 0 Å². The molecule has 3 unspecified atom stereocenters. The van der Waals surface area contributed by atoms with Crippen LogP contribution in [0.3, 0.4) is 0 Å². The first kappa shape index (κ1) is 44.5. The minimum Gasteiger partial charge on any atom is -0.393 e. The van der Waals surface area contributed by atoms with Gasteiger partial charge in [-0.05, 0) is 67.7 Å². The van der Waals surface area contributed by atoms with Crippen LogP contribution in [0.5, 0.6) is 0 Å². The first-order valence-electron chi connectivity index (χ1n) is 14.2. The summed E-state index contributed by atoms with van der Waals surface area (Å²) in [6.07, 6.45) is 8.20. The van der Waals surface area contributed by atoms with Crippen LogP contribution in [-0.2, 0) is 9.59 Å². The van der Waals surface area contributed by atoms with Crippen molar-refractivity contribution < 1.29 is 14.7 Å². The molecule has 0 aliphatic heterocycles. The Bertz CT molecular complexity index is 736. The molecular weight excluding hydrogens is 523 g/mol. The van der Waals surface area contributed by atoms with E-state index in [-0.39, 0.29) is 17.6 Å². The molecule has 0 fully saturated rings. The Morgan fingerprint density at radius 1 is 1.08 bits per heavy atom. The number of aliphatic hydroxyl groups excluding tert-OH is 1. The summed E-state index contributed by atoms with van der Waals surface area (Å²) >= 11 is 5.16. The smallest absolute Gasteiger partial charge is 0.207 e. The number of aliphatic hydroxyl groups is 1. The van der Waals surface area contributed by atoms with Gasteiger partial charge in [-0.25, -0.2) is 0 Å². The predicted molar refractivity (Wildman–Crippen MR) is 181 cm³/mol. The van der Waals surface area contributed by atoms with E-state index in [0.29, 0.717) is 12.3 Å². The molecule has 0 saturated heterocycles. The molecule has 39 heavy (non-hydrogen) atoms. The number of thiol groups is 1. The lowest BCUT2D eigenvalue weighted by Gasteiger charge is -2.13. The lowest BCUT2D eigenvalue weighted by atomic mass is 9.93. The Morgan fingerprint density at radius 3 is 1.90 bits per heavy atom. The fourth-order valence-electron chi connectivity index (χ4n) is 3.01. The molecular formula is C33H61NO3S2. The van der Waals surface area contributed by atoms with Crippen LogP contribution in [0.4, 0.5) is 0 Å². The molecule has 1 aromatic carbocycles. The quantitative estimate of drug-likeness (QED) is 0.169. The second-order valence-corrected chi connectivity index (χ2v) is 11.3. The van der Waals surface area contributed by atoms with Crippen LogP contribution in [-0.4, -0.2) is 30.2 Å². The number of hydrogen-bond acceptors (Lipinski definition) is 5. The number of carbonyl (C=O) groups is 2. The van der Waals surface area contributed by atoms with Gasteiger partial charge in [-0.3, -0.25) is 4.79 Å². The number of rotatable bonds is 12. The van der Waals surface area contributed by atoms with Gasteiger partial charge in [0.1, 0.15) is 6.29 Å². The molecule has 0 aliphatic carbocycles. The molecule has 0 radical (unpaired) electrons. The van der Waals surface area contributed by atoms with Crippen LogP contribution in [0.2, 0.25) is 0 Å². The molecule has 0 bridgehead atoms. The van der Waals surface area contributed by atoms with Crippen LogP contribution in [0, 0.1) is 11.3 Å². The molecule has 6 heteroatoms. The fraction of sp³-hybridized carbons (Fsp3) is 0.636. The number of benzene rings is 1. The Kier molecular flexibility index (Phi) is 33.7. The highest BCUT2D eigenvalue weighted by Crippen LogP contribution is 2.31. The Balaban J connectivity index is -0.000000247. The number of amides is 1. The van der Waals surface area contributed by atoms with Crippen LogP contribution in [0.1, 0.15) is 125 Å². The van der Waals surface area contributed by atoms with Gasteiger partial charge in [-0.2, -0.15) is 12.6 Å². The standard InChI is InChI=1S/C15H19NOS.C9H20O.C6H12O.C2H6.CH4S/c1-5-18-15(11(2)3)14-8-6-13(7-9-14)12(4)16-10-17;1-4-6-9(10)7-8(3)5-2;1-6(2,3)4-5-7;2*1-2/h5-10,12H,1H2,2-4H3,(H,16,17);8-10H,4-7H2,1-3H3;5H,4H2,1-3H3;1-2H3;2H,1H3. The van der Waals surface area contributed by atoms with Crippen LogP contribution in [0.15, 0.2) is 41.8 Å². The van der Waals surface area contributed by atoms with Gasteiger partial charge < -0.3 is 15.2 Å². The van der Waals surface area contributed by atoms with Crippen molar-refractivity contribution in [2.75, 3.05) is 6.26 Å². The highest BCUT2D eigenvalue weighted by Gasteiger charge is 2.08. The zero-order valence-corrected chi connectivity index (χ0v) is 28.8. The minimum absolute atomic E-state index is 0.0405. The number of nitrogens with one attached hydrogen (secondary N) is 1. The first-order chi connectivity index (χ1) is 18.4. The van der Waals surface area contributed by atoms with E-state index in [1.54, 1.807) is 18.0 Å². The molecule has 1 amide bonds. The Labute approximate surface area is 252 Å². The van der Waals surface area contributed by atoms with Crippen LogP contribution < -0.4 is 5.32 Å². The summed E-state index contributed by atoms with van der Waals surface area (Å²) in [6.45, 7) is 26.5. The summed E-state index contributed by atoms with van der Waals surface area (Å²) in [4.78, 5) is 21.5. The summed E-state index contributed by atoms with van der Waals surface area (Å²) in [5.74, 6) is 0.682. The van der Waals surface area contributed by atoms with Gasteiger partial charge in [-0.1, -0.05) is 116 Å². The Morgan fingerprint density at radius 2 is 1.59 bits per heavy atom. The zero-order valence-electron chi connectivity index (χ0n) is 27.1. The third-order valence-electron chi connectivity index (χ3n) is 5.34. The number of thioether (sulfide) groups is 1. The summed E-state index contributed by atoms with van der Waals surface area (Å²) in [5.41, 5.74) is 3.73. The highest BCUT2D eigenvalue weighted by molar-refractivity contribution is 8.10. The minimum atomic E-state index is -0.0556. The van der Waals surface area contributed by atoms with E-state index < -0.39 is 0 Å². The van der Waals surface area contributed by atoms with Crippen molar-refractivity contribution in [3.05, 3.63) is 53.0 Å². The van der Waals surface area contributed by atoms with E-state index >= 15 is 0 Å². The van der Waals surface area contributed by atoms with Gasteiger partial charge in [0.15, 0.2) is 0 Å². The molecule has 0 aromatic heterocycles. The fourth-order valence-corrected chi connectivity index (χ4v) is 3.69. The van der Waals surface area contributed by atoms with Gasteiger partial charge in [0.2, 0.25) is 6.41 Å². The van der Waals surface area contributed by atoms with Gasteiger partial charge in [0.05, 0.1) is 12.1 Å². The molecule has 228 valence electrons. The van der Waals surface area contributed by atoms with Crippen LogP contribution in [0.25, 0.3) is 4.91 Å². The average Bonchev–Trinajstić information content (AvgIpc) is 2.90. The molecule has 1 rings (SSSR count). The van der Waals surface area contributed by atoms with Gasteiger partial charge >= 0.3 is 0 Å². The van der Waals surface area contributed by atoms with Gasteiger partial charge in [-0.15, -0.1) is 0 Å². The van der Waals surface area contributed by atoms with Crippen molar-refractivity contribution in [1.82, 2.24) is 5.32 Å². The number of allylic oxidation sites excluding steroid dienone is 1. The summed E-state index contributed by atoms with van der Waals surface area (Å²) in [6, 6.07) is 8.29. The largest absolute Gasteiger partial charge is 0.393 e. The lowest BCUT2D eigenvalue weighted by Crippen LogP contribution is -2.15. The second kappa shape index (κ2) is 29.5. The molecule has 3 atom stereocenters. The maximum atomic E-state index is 10.4. The summed E-state index contributed by atoms with van der Waals surface area (Å²) < 4.78 is 0. The molecule has 0 saturated carbocycles. The summed E-state index contributed by atoms with van der Waals surface area (Å²) in [7, 11) is 0. The molecule has 0 aliphatic rings. The maximum absolute atomic E-state index is 10.4. The van der Waals surface area contributed by atoms with Crippen molar-refractivity contribution in [2.24, 2.45) is 11.3 Å². The van der Waals surface area contributed by atoms with Crippen LogP contribution >= 0.6 is 24.4 Å². The molecule has 1 aromatic rings. The normalized spacial score (nSPS) is 11.9. The van der Waals surface area contributed by atoms with Crippen molar-refractivity contribution in [3.8, 4) is 0 Å². The number of aldehydes is 1. The van der Waals surface area contributed by atoms with Crippen molar-refractivity contribution in [3.63, 3.8) is 0 Å². The monoisotopic (exact) mass is 583 g/mol. The van der Waals surface area contributed by atoms with E-state index in [1.807, 2.05) is 59.1 Å². The van der Waals surface area contributed by atoms with E-state index in [0.717, 1.165) is 37.5 Å². The predicted octanol–water partition coefficient (Wildman–Crippen LogP) is 9.90. The SMILES string of the molecule is C=CSC(=C(C)C)c1ccc(C(C)NC=O)cc1.CC.CC(C)(C)CC=O.CCCC(O)CC(C)CC.CS. The second-order valence-electron chi connectivity index (χ2n) is 10.4. The van der Waals surface area contributed by atoms with E-state index in [4.69, 9.17) is 0 Å². The topological polar surface area (TPSA) is 66.4 Å². The van der Waals surface area contributed by atoms with Crippen molar-refractivity contribution in [2.45, 2.75) is 120 Å². The van der Waals surface area contributed by atoms with E-state index in [1.165, 1.54) is 22.5 Å².